The molecule has 0 unspecified atom stereocenters. The van der Waals surface area contributed by atoms with Gasteiger partial charge in [-0.3, -0.25) is 0 Å². The van der Waals surface area contributed by atoms with Crippen molar-refractivity contribution in [3.63, 3.8) is 0 Å². The zero-order chi connectivity index (χ0) is 14.4. The van der Waals surface area contributed by atoms with Crippen molar-refractivity contribution in [3.05, 3.63) is 71.3 Å². The highest BCUT2D eigenvalue weighted by molar-refractivity contribution is 5.95. The van der Waals surface area contributed by atoms with Crippen LogP contribution in [0.1, 0.15) is 21.5 Å². The maximum absolute atomic E-state index is 10.8. The summed E-state index contributed by atoms with van der Waals surface area (Å²) in [5.74, 6) is 4.60. The number of nitrogens with two attached hydrogens (primary N) is 1. The molecule has 0 aliphatic carbocycles. The molecule has 0 spiro atoms. The molecule has 2 rings (SSSR count). The molecule has 0 saturated heterocycles. The monoisotopic (exact) mass is 270 g/mol. The number of nitrogens with zero attached hydrogens (tertiary/aromatic N) is 1. The fourth-order valence-electron chi connectivity index (χ4n) is 1.68. The van der Waals surface area contributed by atoms with Gasteiger partial charge >= 0.3 is 5.97 Å². The largest absolute Gasteiger partial charge is 0.478 e. The quantitative estimate of drug-likeness (QED) is 0.386. The van der Waals surface area contributed by atoms with Gasteiger partial charge in [0.15, 0.2) is 0 Å². The van der Waals surface area contributed by atoms with E-state index in [4.69, 9.17) is 15.7 Å². The molecule has 2 aromatic carbocycles. The molecule has 0 atom stereocenters. The molecule has 3 N–H and O–H groups in total. The van der Waals surface area contributed by atoms with Crippen LogP contribution in [0.25, 0.3) is 0 Å². The summed E-state index contributed by atoms with van der Waals surface area (Å²) in [6.45, 7) is 0.345. The molecule has 102 valence electrons. The van der Waals surface area contributed by atoms with Crippen LogP contribution in [0.4, 0.5) is 0 Å². The van der Waals surface area contributed by atoms with Crippen molar-refractivity contribution >= 4 is 11.9 Å². The number of hydrogen-bond donors (Lipinski definition) is 2. The van der Waals surface area contributed by atoms with Crippen molar-refractivity contribution in [2.24, 2.45) is 10.9 Å². The summed E-state index contributed by atoms with van der Waals surface area (Å²) in [4.78, 5) is 10.8. The lowest BCUT2D eigenvalue weighted by Crippen LogP contribution is -2.10. The minimum atomic E-state index is -0.979. The topological polar surface area (TPSA) is 84.9 Å². The molecule has 0 saturated carbocycles. The third-order valence-corrected chi connectivity index (χ3v) is 2.71. The molecule has 5 heteroatoms. The molecule has 0 aromatic heterocycles. The number of carboxylic acids is 1. The SMILES string of the molecule is N/N=C(\OCc1ccccc1)c1ccc(C(=O)O)cc1. The van der Waals surface area contributed by atoms with Crippen LogP contribution in [-0.2, 0) is 11.3 Å². The van der Waals surface area contributed by atoms with Crippen molar-refractivity contribution < 1.29 is 14.6 Å². The average molecular weight is 270 g/mol. The van der Waals surface area contributed by atoms with Gasteiger partial charge in [0.25, 0.3) is 0 Å². The van der Waals surface area contributed by atoms with Gasteiger partial charge in [-0.1, -0.05) is 30.3 Å². The first-order chi connectivity index (χ1) is 9.70. The first-order valence-corrected chi connectivity index (χ1v) is 5.99. The predicted octanol–water partition coefficient (Wildman–Crippen LogP) is 2.22. The molecule has 0 amide bonds. The second-order valence-corrected chi connectivity index (χ2v) is 4.09. The number of carboxylic acid groups (broad SMARTS) is 1. The Labute approximate surface area is 116 Å². The van der Waals surface area contributed by atoms with Crippen LogP contribution in [-0.4, -0.2) is 17.0 Å². The van der Waals surface area contributed by atoms with Gasteiger partial charge in [0.2, 0.25) is 5.90 Å². The summed E-state index contributed by atoms with van der Waals surface area (Å²) in [5.41, 5.74) is 1.83. The first-order valence-electron chi connectivity index (χ1n) is 5.99. The number of hydrogen-bond acceptors (Lipinski definition) is 4. The lowest BCUT2D eigenvalue weighted by atomic mass is 10.1. The molecule has 0 aliphatic rings. The zero-order valence-electron chi connectivity index (χ0n) is 10.7. The zero-order valence-corrected chi connectivity index (χ0v) is 10.7. The van der Waals surface area contributed by atoms with Gasteiger partial charge < -0.3 is 15.7 Å². The van der Waals surface area contributed by atoms with Crippen LogP contribution in [0.2, 0.25) is 0 Å². The summed E-state index contributed by atoms with van der Waals surface area (Å²) < 4.78 is 5.54. The molecule has 0 aliphatic heterocycles. The van der Waals surface area contributed by atoms with Crippen LogP contribution < -0.4 is 5.84 Å². The highest BCUT2D eigenvalue weighted by Crippen LogP contribution is 2.09. The van der Waals surface area contributed by atoms with E-state index in [0.29, 0.717) is 12.2 Å². The maximum atomic E-state index is 10.8. The lowest BCUT2D eigenvalue weighted by Gasteiger charge is -2.08. The fraction of sp³-hybridized carbons (Fsp3) is 0.0667. The summed E-state index contributed by atoms with van der Waals surface area (Å²) in [5, 5.41) is 12.4. The summed E-state index contributed by atoms with van der Waals surface area (Å²) >= 11 is 0. The molecular weight excluding hydrogens is 256 g/mol. The standard InChI is InChI=1S/C15H14N2O3/c16-17-14(20-10-11-4-2-1-3-5-11)12-6-8-13(9-7-12)15(18)19/h1-9H,10,16H2,(H,18,19)/b17-14-. The average Bonchev–Trinajstić information content (AvgIpc) is 2.49. The third kappa shape index (κ3) is 3.35. The number of carbonyl (C=O) groups is 1. The minimum Gasteiger partial charge on any atom is -0.478 e. The number of benzene rings is 2. The first kappa shape index (κ1) is 13.6. The number of aromatic carboxylic acids is 1. The van der Waals surface area contributed by atoms with E-state index in [9.17, 15) is 4.79 Å². The van der Waals surface area contributed by atoms with Crippen LogP contribution in [0.3, 0.4) is 0 Å². The predicted molar refractivity (Wildman–Crippen MR) is 75.4 cm³/mol. The Hall–Kier alpha value is -2.82. The van der Waals surface area contributed by atoms with Crippen molar-refractivity contribution in [3.8, 4) is 0 Å². The molecule has 0 heterocycles. The van der Waals surface area contributed by atoms with Gasteiger partial charge in [0.05, 0.1) is 5.56 Å². The Balaban J connectivity index is 2.07. The van der Waals surface area contributed by atoms with Gasteiger partial charge in [-0.15, -0.1) is 5.10 Å². The van der Waals surface area contributed by atoms with Crippen molar-refractivity contribution in [2.45, 2.75) is 6.61 Å². The molecule has 0 radical (unpaired) electrons. The maximum Gasteiger partial charge on any atom is 0.335 e. The number of hydrazone groups is 1. The van der Waals surface area contributed by atoms with E-state index in [1.165, 1.54) is 12.1 Å². The molecule has 0 bridgehead atoms. The van der Waals surface area contributed by atoms with Gasteiger partial charge in [-0.05, 0) is 29.8 Å². The van der Waals surface area contributed by atoms with Gasteiger partial charge in [0.1, 0.15) is 6.61 Å². The van der Waals surface area contributed by atoms with Gasteiger partial charge in [-0.25, -0.2) is 4.79 Å². The minimum absolute atomic E-state index is 0.202. The summed E-state index contributed by atoms with van der Waals surface area (Å²) in [6, 6.07) is 15.8. The highest BCUT2D eigenvalue weighted by atomic mass is 16.5. The lowest BCUT2D eigenvalue weighted by molar-refractivity contribution is 0.0697. The van der Waals surface area contributed by atoms with E-state index < -0.39 is 5.97 Å². The Bertz CT molecular complexity index is 607. The van der Waals surface area contributed by atoms with E-state index in [1.807, 2.05) is 30.3 Å². The Morgan fingerprint density at radius 3 is 2.20 bits per heavy atom. The van der Waals surface area contributed by atoms with Crippen LogP contribution in [0.5, 0.6) is 0 Å². The van der Waals surface area contributed by atoms with E-state index >= 15 is 0 Å². The van der Waals surface area contributed by atoms with Gasteiger partial charge in [0, 0.05) is 5.56 Å². The van der Waals surface area contributed by atoms with Crippen molar-refractivity contribution in [1.29, 1.82) is 0 Å². The Morgan fingerprint density at radius 2 is 1.65 bits per heavy atom. The fourth-order valence-corrected chi connectivity index (χ4v) is 1.68. The Kier molecular flexibility index (Phi) is 4.34. The van der Waals surface area contributed by atoms with E-state index in [0.717, 1.165) is 5.56 Å². The highest BCUT2D eigenvalue weighted by Gasteiger charge is 2.07. The Morgan fingerprint density at radius 1 is 1.05 bits per heavy atom. The summed E-state index contributed by atoms with van der Waals surface area (Å²) in [6.07, 6.45) is 0. The second-order valence-electron chi connectivity index (χ2n) is 4.09. The van der Waals surface area contributed by atoms with E-state index in [-0.39, 0.29) is 11.5 Å². The van der Waals surface area contributed by atoms with E-state index in [1.54, 1.807) is 12.1 Å². The molecule has 2 aromatic rings. The molecular formula is C15H14N2O3. The van der Waals surface area contributed by atoms with Crippen LogP contribution in [0.15, 0.2) is 59.7 Å². The van der Waals surface area contributed by atoms with Gasteiger partial charge in [-0.2, -0.15) is 0 Å². The number of ether oxygens (including phenoxy) is 1. The molecule has 0 fully saturated rings. The summed E-state index contributed by atoms with van der Waals surface area (Å²) in [7, 11) is 0. The van der Waals surface area contributed by atoms with Crippen LogP contribution in [0, 0.1) is 0 Å². The van der Waals surface area contributed by atoms with E-state index in [2.05, 4.69) is 5.10 Å². The van der Waals surface area contributed by atoms with Crippen LogP contribution >= 0.6 is 0 Å². The molecule has 5 nitrogen and oxygen atoms in total. The smallest absolute Gasteiger partial charge is 0.335 e. The van der Waals surface area contributed by atoms with Crippen molar-refractivity contribution in [1.82, 2.24) is 0 Å². The number of rotatable bonds is 4. The molecule has 20 heavy (non-hydrogen) atoms. The third-order valence-electron chi connectivity index (χ3n) is 2.71. The van der Waals surface area contributed by atoms with Crippen molar-refractivity contribution in [2.75, 3.05) is 0 Å². The second kappa shape index (κ2) is 6.38. The normalized spacial score (nSPS) is 11.1.